The van der Waals surface area contributed by atoms with Gasteiger partial charge in [0, 0.05) is 12.1 Å². The van der Waals surface area contributed by atoms with Gasteiger partial charge in [-0.1, -0.05) is 67.9 Å². The first-order valence-electron chi connectivity index (χ1n) is 12.7. The first-order chi connectivity index (χ1) is 16.7. The summed E-state index contributed by atoms with van der Waals surface area (Å²) < 4.78 is 19.9. The van der Waals surface area contributed by atoms with Crippen LogP contribution in [0.25, 0.3) is 11.1 Å². The lowest BCUT2D eigenvalue weighted by molar-refractivity contribution is -0.00416. The van der Waals surface area contributed by atoms with Crippen molar-refractivity contribution in [3.05, 3.63) is 94.8 Å². The Morgan fingerprint density at radius 3 is 2.54 bits per heavy atom. The number of hydrogen-bond donors (Lipinski definition) is 2. The monoisotopic (exact) mass is 477 g/mol. The van der Waals surface area contributed by atoms with Crippen LogP contribution in [0.4, 0.5) is 4.39 Å². The maximum Gasteiger partial charge on any atom is 0.126 e. The summed E-state index contributed by atoms with van der Waals surface area (Å²) in [6, 6.07) is 22.4. The molecule has 0 saturated heterocycles. The zero-order chi connectivity index (χ0) is 25.4. The van der Waals surface area contributed by atoms with Gasteiger partial charge in [-0.3, -0.25) is 0 Å². The Bertz CT molecular complexity index is 1090. The Balaban J connectivity index is 1.53. The fraction of sp³-hybridized carbons (Fsp3) is 0.419. The fourth-order valence-electron chi connectivity index (χ4n) is 4.37. The van der Waals surface area contributed by atoms with E-state index in [1.165, 1.54) is 16.7 Å². The molecule has 35 heavy (non-hydrogen) atoms. The lowest BCUT2D eigenvalue weighted by atomic mass is 9.94. The second-order valence-corrected chi connectivity index (χ2v) is 10.2. The number of hydrogen-bond acceptors (Lipinski definition) is 3. The molecule has 0 radical (unpaired) electrons. The van der Waals surface area contributed by atoms with Crippen LogP contribution in [0.15, 0.2) is 66.7 Å². The van der Waals surface area contributed by atoms with Gasteiger partial charge in [-0.05, 0) is 86.1 Å². The van der Waals surface area contributed by atoms with Crippen LogP contribution in [0.2, 0.25) is 0 Å². The first kappa shape index (κ1) is 27.1. The van der Waals surface area contributed by atoms with Crippen molar-refractivity contribution in [2.45, 2.75) is 71.6 Å². The van der Waals surface area contributed by atoms with Gasteiger partial charge in [-0.15, -0.1) is 0 Å². The summed E-state index contributed by atoms with van der Waals surface area (Å²) >= 11 is 0. The van der Waals surface area contributed by atoms with E-state index in [1.807, 2.05) is 19.1 Å². The van der Waals surface area contributed by atoms with Gasteiger partial charge >= 0.3 is 0 Å². The summed E-state index contributed by atoms with van der Waals surface area (Å²) in [4.78, 5) is 0. The Morgan fingerprint density at radius 2 is 1.80 bits per heavy atom. The van der Waals surface area contributed by atoms with Gasteiger partial charge in [0.15, 0.2) is 0 Å². The van der Waals surface area contributed by atoms with E-state index in [4.69, 9.17) is 4.74 Å². The minimum absolute atomic E-state index is 0.133. The molecule has 4 heteroatoms. The number of aliphatic hydroxyl groups excluding tert-OH is 1. The lowest BCUT2D eigenvalue weighted by Crippen LogP contribution is -2.46. The molecular formula is C31H40FNO2. The Morgan fingerprint density at radius 1 is 1.03 bits per heavy atom. The number of halogens is 1. The van der Waals surface area contributed by atoms with Crippen LogP contribution in [0.3, 0.4) is 0 Å². The van der Waals surface area contributed by atoms with Gasteiger partial charge in [-0.2, -0.15) is 0 Å². The summed E-state index contributed by atoms with van der Waals surface area (Å²) in [5.74, 6) is -0.182. The van der Waals surface area contributed by atoms with Crippen molar-refractivity contribution >= 4 is 0 Å². The van der Waals surface area contributed by atoms with Crippen molar-refractivity contribution < 1.29 is 14.2 Å². The fourth-order valence-corrected chi connectivity index (χ4v) is 4.37. The lowest BCUT2D eigenvalue weighted by Gasteiger charge is -2.28. The molecule has 0 saturated carbocycles. The molecule has 0 bridgehead atoms. The molecule has 188 valence electrons. The third-order valence-corrected chi connectivity index (χ3v) is 6.44. The number of aryl methyl sites for hydroxylation is 2. The summed E-state index contributed by atoms with van der Waals surface area (Å²) in [5, 5.41) is 13.9. The second kappa shape index (κ2) is 12.4. The quantitative estimate of drug-likeness (QED) is 0.301. The van der Waals surface area contributed by atoms with Crippen molar-refractivity contribution in [3.63, 3.8) is 0 Å². The highest BCUT2D eigenvalue weighted by Crippen LogP contribution is 2.28. The maximum absolute atomic E-state index is 13.9. The number of nitrogens with one attached hydrogen (secondary N) is 1. The van der Waals surface area contributed by atoms with Gasteiger partial charge in [0.25, 0.3) is 0 Å². The number of ether oxygens (including phenoxy) is 1. The van der Waals surface area contributed by atoms with Gasteiger partial charge in [0.05, 0.1) is 18.8 Å². The zero-order valence-corrected chi connectivity index (χ0v) is 21.8. The molecule has 0 amide bonds. The third-order valence-electron chi connectivity index (χ3n) is 6.44. The third kappa shape index (κ3) is 7.99. The molecule has 1 unspecified atom stereocenters. The normalized spacial score (nSPS) is 13.6. The molecule has 0 heterocycles. The molecule has 2 atom stereocenters. The highest BCUT2D eigenvalue weighted by molar-refractivity contribution is 5.68. The second-order valence-electron chi connectivity index (χ2n) is 10.2. The smallest absolute Gasteiger partial charge is 0.126 e. The first-order valence-corrected chi connectivity index (χ1v) is 12.7. The number of aliphatic hydroxyl groups is 1. The van der Waals surface area contributed by atoms with E-state index in [9.17, 15) is 9.50 Å². The molecule has 0 aliphatic carbocycles. The van der Waals surface area contributed by atoms with Crippen molar-refractivity contribution in [2.75, 3.05) is 13.2 Å². The molecule has 0 aliphatic rings. The summed E-state index contributed by atoms with van der Waals surface area (Å²) in [6.07, 6.45) is 2.06. The highest BCUT2D eigenvalue weighted by Gasteiger charge is 2.20. The minimum Gasteiger partial charge on any atom is -0.389 e. The van der Waals surface area contributed by atoms with Crippen LogP contribution < -0.4 is 5.32 Å². The van der Waals surface area contributed by atoms with Crippen molar-refractivity contribution in [1.82, 2.24) is 5.32 Å². The van der Waals surface area contributed by atoms with E-state index in [2.05, 4.69) is 74.6 Å². The zero-order valence-electron chi connectivity index (χ0n) is 21.8. The molecule has 0 aromatic heterocycles. The van der Waals surface area contributed by atoms with Crippen LogP contribution in [0.1, 0.15) is 62.5 Å². The van der Waals surface area contributed by atoms with Crippen LogP contribution in [0, 0.1) is 12.7 Å². The molecule has 3 nitrogen and oxygen atoms in total. The van der Waals surface area contributed by atoms with Gasteiger partial charge in [-0.25, -0.2) is 4.39 Å². The Labute approximate surface area is 210 Å². The van der Waals surface area contributed by atoms with E-state index in [-0.39, 0.29) is 24.1 Å². The Hall–Kier alpha value is -2.53. The van der Waals surface area contributed by atoms with Gasteiger partial charge in [0.1, 0.15) is 5.82 Å². The molecule has 3 aromatic carbocycles. The predicted molar refractivity (Wildman–Crippen MR) is 143 cm³/mol. The van der Waals surface area contributed by atoms with Crippen molar-refractivity contribution in [1.29, 1.82) is 0 Å². The van der Waals surface area contributed by atoms with Crippen LogP contribution in [-0.4, -0.2) is 29.9 Å². The molecule has 0 fully saturated rings. The number of rotatable bonds is 12. The summed E-state index contributed by atoms with van der Waals surface area (Å²) in [6.45, 7) is 10.7. The maximum atomic E-state index is 13.9. The van der Waals surface area contributed by atoms with E-state index >= 15 is 0 Å². The molecule has 0 aliphatic heterocycles. The van der Waals surface area contributed by atoms with E-state index in [1.54, 1.807) is 13.0 Å². The molecule has 3 aromatic rings. The largest absolute Gasteiger partial charge is 0.389 e. The van der Waals surface area contributed by atoms with Crippen LogP contribution in [0.5, 0.6) is 0 Å². The van der Waals surface area contributed by atoms with Gasteiger partial charge in [0.2, 0.25) is 0 Å². The van der Waals surface area contributed by atoms with E-state index < -0.39 is 6.10 Å². The van der Waals surface area contributed by atoms with E-state index in [0.29, 0.717) is 18.5 Å². The Kier molecular flexibility index (Phi) is 9.62. The average Bonchev–Trinajstić information content (AvgIpc) is 2.84. The number of benzene rings is 3. The minimum atomic E-state index is -0.639. The average molecular weight is 478 g/mol. The standard InChI is InChI=1S/C31H40FNO2/c1-6-10-25-11-7-8-14-29(25)27-13-9-12-26(18-27)23(3)35-21-28(34)20-33-31(4,5)19-24-16-15-22(2)30(32)17-24/h7-9,11-18,23,28,33-34H,6,10,19-21H2,1-5H3/t23?,28-/m1/s1. The molecule has 3 rings (SSSR count). The van der Waals surface area contributed by atoms with Crippen molar-refractivity contribution in [3.8, 4) is 11.1 Å². The topological polar surface area (TPSA) is 41.5 Å². The predicted octanol–water partition coefficient (Wildman–Crippen LogP) is 6.80. The van der Waals surface area contributed by atoms with Crippen LogP contribution in [-0.2, 0) is 17.6 Å². The van der Waals surface area contributed by atoms with Crippen molar-refractivity contribution in [2.24, 2.45) is 0 Å². The van der Waals surface area contributed by atoms with Gasteiger partial charge < -0.3 is 15.2 Å². The van der Waals surface area contributed by atoms with E-state index in [0.717, 1.165) is 24.0 Å². The van der Waals surface area contributed by atoms with Crippen LogP contribution >= 0.6 is 0 Å². The molecule has 2 N–H and O–H groups in total. The summed E-state index contributed by atoms with van der Waals surface area (Å²) in [7, 11) is 0. The molecule has 0 spiro atoms. The summed E-state index contributed by atoms with van der Waals surface area (Å²) in [5.41, 5.74) is 6.21. The SMILES string of the molecule is CCCc1ccccc1-c1cccc(C(C)OC[C@H](O)CNC(C)(C)Cc2ccc(C)c(F)c2)c1. The number of β-amino-alcohol motifs (C(OH)–C–C–N with tert-alkyl or cyclic N) is 1. The highest BCUT2D eigenvalue weighted by atomic mass is 19.1. The molecular weight excluding hydrogens is 437 g/mol.